The molecule has 3 nitrogen and oxygen atoms in total. The van der Waals surface area contributed by atoms with Gasteiger partial charge in [-0.05, 0) is 45.5 Å². The average Bonchev–Trinajstić information content (AvgIpc) is 3.12. The summed E-state index contributed by atoms with van der Waals surface area (Å²) in [5.41, 5.74) is 10.2. The van der Waals surface area contributed by atoms with Crippen molar-refractivity contribution in [1.82, 2.24) is 15.0 Å². The molecule has 0 amide bonds. The molecule has 8 rings (SSSR count). The number of hydrogen-bond donors (Lipinski definition) is 0. The number of rotatable bonds is 5. The van der Waals surface area contributed by atoms with Crippen LogP contribution in [0.3, 0.4) is 0 Å². The summed E-state index contributed by atoms with van der Waals surface area (Å²) >= 11 is 1.82. The molecule has 7 aromatic rings. The summed E-state index contributed by atoms with van der Waals surface area (Å²) in [7, 11) is 0. The topological polar surface area (TPSA) is 38.7 Å². The van der Waals surface area contributed by atoms with Gasteiger partial charge in [0.25, 0.3) is 0 Å². The molecular formula is C42H31N3S. The molecule has 0 radical (unpaired) electrons. The van der Waals surface area contributed by atoms with Crippen molar-refractivity contribution in [2.45, 2.75) is 29.1 Å². The second-order valence-corrected chi connectivity index (χ2v) is 13.2. The first-order valence-corrected chi connectivity index (χ1v) is 16.3. The van der Waals surface area contributed by atoms with Gasteiger partial charge in [-0.1, -0.05) is 165 Å². The summed E-state index contributed by atoms with van der Waals surface area (Å²) < 4.78 is 0. The van der Waals surface area contributed by atoms with E-state index >= 15 is 0 Å². The molecule has 0 unspecified atom stereocenters. The van der Waals surface area contributed by atoms with Gasteiger partial charge in [-0.2, -0.15) is 0 Å². The van der Waals surface area contributed by atoms with Crippen molar-refractivity contribution in [3.05, 3.63) is 163 Å². The van der Waals surface area contributed by atoms with E-state index in [2.05, 4.69) is 153 Å². The van der Waals surface area contributed by atoms with Crippen LogP contribution in [0.2, 0.25) is 0 Å². The molecule has 0 saturated heterocycles. The lowest BCUT2D eigenvalue weighted by molar-refractivity contribution is 0.607. The number of fused-ring (bicyclic) bond motifs is 2. The highest BCUT2D eigenvalue weighted by Crippen LogP contribution is 2.49. The first-order valence-electron chi connectivity index (χ1n) is 15.5. The van der Waals surface area contributed by atoms with Crippen LogP contribution in [-0.4, -0.2) is 15.0 Å². The zero-order valence-electron chi connectivity index (χ0n) is 25.7. The van der Waals surface area contributed by atoms with Gasteiger partial charge in [0.15, 0.2) is 17.5 Å². The van der Waals surface area contributed by atoms with Crippen LogP contribution < -0.4 is 0 Å². The lowest BCUT2D eigenvalue weighted by Crippen LogP contribution is -2.23. The third-order valence-corrected chi connectivity index (χ3v) is 9.96. The summed E-state index contributed by atoms with van der Waals surface area (Å²) in [5, 5.41) is 0. The summed E-state index contributed by atoms with van der Waals surface area (Å²) in [6.07, 6.45) is 0. The Labute approximate surface area is 274 Å². The lowest BCUT2D eigenvalue weighted by atomic mass is 9.77. The maximum Gasteiger partial charge on any atom is 0.164 e. The van der Waals surface area contributed by atoms with Gasteiger partial charge in [0.1, 0.15) is 0 Å². The minimum absolute atomic E-state index is 0.0911. The van der Waals surface area contributed by atoms with E-state index in [4.69, 9.17) is 15.0 Å². The Morgan fingerprint density at radius 3 is 1.30 bits per heavy atom. The average molecular weight is 610 g/mol. The highest BCUT2D eigenvalue weighted by Gasteiger charge is 2.33. The molecule has 0 aliphatic carbocycles. The lowest BCUT2D eigenvalue weighted by Gasteiger charge is -2.34. The number of nitrogens with zero attached hydrogens (tertiary/aromatic N) is 3. The normalized spacial score (nSPS) is 13.1. The van der Waals surface area contributed by atoms with E-state index in [-0.39, 0.29) is 5.41 Å². The molecule has 0 N–H and O–H groups in total. The van der Waals surface area contributed by atoms with Crippen LogP contribution in [0, 0.1) is 0 Å². The molecule has 1 aliphatic rings. The van der Waals surface area contributed by atoms with Gasteiger partial charge in [0.05, 0.1) is 0 Å². The van der Waals surface area contributed by atoms with Gasteiger partial charge in [0, 0.05) is 31.9 Å². The van der Waals surface area contributed by atoms with Crippen LogP contribution in [0.5, 0.6) is 0 Å². The minimum Gasteiger partial charge on any atom is -0.208 e. The monoisotopic (exact) mass is 609 g/mol. The molecule has 220 valence electrons. The van der Waals surface area contributed by atoms with E-state index in [1.165, 1.54) is 32.0 Å². The van der Waals surface area contributed by atoms with Crippen LogP contribution in [0.15, 0.2) is 161 Å². The number of benzene rings is 6. The van der Waals surface area contributed by atoms with Crippen molar-refractivity contribution in [3.8, 4) is 56.4 Å². The van der Waals surface area contributed by atoms with E-state index in [9.17, 15) is 0 Å². The fourth-order valence-corrected chi connectivity index (χ4v) is 7.68. The largest absolute Gasteiger partial charge is 0.208 e. The van der Waals surface area contributed by atoms with Crippen molar-refractivity contribution in [2.24, 2.45) is 0 Å². The molecule has 1 aromatic heterocycles. The molecule has 0 saturated carbocycles. The van der Waals surface area contributed by atoms with Crippen molar-refractivity contribution in [2.75, 3.05) is 0 Å². The van der Waals surface area contributed by atoms with Crippen molar-refractivity contribution < 1.29 is 0 Å². The number of hydrogen-bond acceptors (Lipinski definition) is 4. The van der Waals surface area contributed by atoms with Gasteiger partial charge >= 0.3 is 0 Å². The summed E-state index contributed by atoms with van der Waals surface area (Å²) in [5.74, 6) is 1.98. The molecule has 0 bridgehead atoms. The van der Waals surface area contributed by atoms with Crippen molar-refractivity contribution in [3.63, 3.8) is 0 Å². The van der Waals surface area contributed by atoms with Crippen LogP contribution >= 0.6 is 11.8 Å². The zero-order chi connectivity index (χ0) is 31.1. The third kappa shape index (κ3) is 5.21. The Bertz CT molecular complexity index is 2070. The molecule has 46 heavy (non-hydrogen) atoms. The van der Waals surface area contributed by atoms with Gasteiger partial charge in [-0.25, -0.2) is 15.0 Å². The maximum absolute atomic E-state index is 5.07. The molecule has 2 heterocycles. The molecule has 4 heteroatoms. The van der Waals surface area contributed by atoms with E-state index in [1.807, 2.05) is 23.9 Å². The Kier molecular flexibility index (Phi) is 7.08. The minimum atomic E-state index is -0.0911. The fraction of sp³-hybridized carbons (Fsp3) is 0.0714. The SMILES string of the molecule is CC1(C)c2ccccc2Sc2cc(-c3nc(-c4ccc(-c5ccccc5)cc4)nc(-c4ccc(-c5ccccc5)cc4)n3)ccc21. The summed E-state index contributed by atoms with van der Waals surface area (Å²) in [4.78, 5) is 17.7. The summed E-state index contributed by atoms with van der Waals surface area (Å²) in [6.45, 7) is 4.61. The van der Waals surface area contributed by atoms with Gasteiger partial charge in [-0.15, -0.1) is 0 Å². The first kappa shape index (κ1) is 28.2. The predicted octanol–water partition coefficient (Wildman–Crippen LogP) is 11.0. The number of aromatic nitrogens is 3. The molecule has 6 aromatic carbocycles. The highest BCUT2D eigenvalue weighted by atomic mass is 32.2. The second-order valence-electron chi connectivity index (χ2n) is 12.1. The Balaban J connectivity index is 1.22. The van der Waals surface area contributed by atoms with Gasteiger partial charge < -0.3 is 0 Å². The van der Waals surface area contributed by atoms with Crippen LogP contribution in [-0.2, 0) is 5.41 Å². The fourth-order valence-electron chi connectivity index (χ4n) is 6.25. The Hall–Kier alpha value is -5.32. The quantitative estimate of drug-likeness (QED) is 0.195. The Morgan fingerprint density at radius 2 is 0.761 bits per heavy atom. The highest BCUT2D eigenvalue weighted by molar-refractivity contribution is 7.99. The molecule has 0 spiro atoms. The standard InChI is InChI=1S/C42H31N3S/c1-42(2)35-15-9-10-16-37(35)46-38-27-34(25-26-36(38)42)41-44-39(32-21-17-30(18-22-32)28-11-5-3-6-12-28)43-40(45-41)33-23-19-31(20-24-33)29-13-7-4-8-14-29/h3-27H,1-2H3. The summed E-state index contributed by atoms with van der Waals surface area (Å²) in [6, 6.07) is 53.2. The van der Waals surface area contributed by atoms with Crippen molar-refractivity contribution >= 4 is 11.8 Å². The third-order valence-electron chi connectivity index (χ3n) is 8.83. The van der Waals surface area contributed by atoms with Gasteiger partial charge in [0.2, 0.25) is 0 Å². The molecular weight excluding hydrogens is 579 g/mol. The van der Waals surface area contributed by atoms with Gasteiger partial charge in [-0.3, -0.25) is 0 Å². The van der Waals surface area contributed by atoms with E-state index in [0.29, 0.717) is 17.5 Å². The molecule has 0 fully saturated rings. The van der Waals surface area contributed by atoms with Crippen LogP contribution in [0.25, 0.3) is 56.4 Å². The smallest absolute Gasteiger partial charge is 0.164 e. The van der Waals surface area contributed by atoms with Crippen LogP contribution in [0.4, 0.5) is 0 Å². The second kappa shape index (κ2) is 11.6. The van der Waals surface area contributed by atoms with Crippen molar-refractivity contribution in [1.29, 1.82) is 0 Å². The molecule has 0 atom stereocenters. The first-order chi connectivity index (χ1) is 22.5. The van der Waals surface area contributed by atoms with E-state index in [0.717, 1.165) is 27.8 Å². The maximum atomic E-state index is 5.07. The zero-order valence-corrected chi connectivity index (χ0v) is 26.5. The molecule has 1 aliphatic heterocycles. The predicted molar refractivity (Wildman–Crippen MR) is 190 cm³/mol. The van der Waals surface area contributed by atoms with E-state index in [1.54, 1.807) is 0 Å². The Morgan fingerprint density at radius 1 is 0.370 bits per heavy atom. The van der Waals surface area contributed by atoms with Crippen LogP contribution in [0.1, 0.15) is 25.0 Å². The van der Waals surface area contributed by atoms with E-state index < -0.39 is 0 Å².